The van der Waals surface area contributed by atoms with Gasteiger partial charge < -0.3 is 10.1 Å². The van der Waals surface area contributed by atoms with Gasteiger partial charge in [0.05, 0.1) is 4.88 Å². The molecule has 0 bridgehead atoms. The molecule has 0 fully saturated rings. The number of fused-ring (bicyclic) bond motifs is 1. The highest BCUT2D eigenvalue weighted by atomic mass is 32.1. The predicted octanol–water partition coefficient (Wildman–Crippen LogP) is 3.79. The molecule has 0 unspecified atom stereocenters. The van der Waals surface area contributed by atoms with E-state index in [0.29, 0.717) is 18.0 Å². The molecule has 1 N–H and O–H groups in total. The highest BCUT2D eigenvalue weighted by Gasteiger charge is 2.10. The fraction of sp³-hybridized carbons (Fsp3) is 0.111. The monoisotopic (exact) mass is 324 g/mol. The summed E-state index contributed by atoms with van der Waals surface area (Å²) in [6.07, 6.45) is 3.43. The van der Waals surface area contributed by atoms with Gasteiger partial charge in [-0.25, -0.2) is 4.98 Å². The van der Waals surface area contributed by atoms with Gasteiger partial charge in [0.25, 0.3) is 5.91 Å². The highest BCUT2D eigenvalue weighted by molar-refractivity contribution is 7.20. The molecule has 0 aliphatic heterocycles. The Morgan fingerprint density at radius 2 is 2.22 bits per heavy atom. The van der Waals surface area contributed by atoms with Crippen molar-refractivity contribution in [3.63, 3.8) is 0 Å². The molecule has 4 nitrogen and oxygen atoms in total. The van der Waals surface area contributed by atoms with Gasteiger partial charge in [0.15, 0.2) is 0 Å². The zero-order valence-corrected chi connectivity index (χ0v) is 13.3. The minimum absolute atomic E-state index is 0.0922. The average molecular weight is 324 g/mol. The maximum atomic E-state index is 12.3. The number of carbonyl (C=O) groups excluding carboxylic acids is 1. The Hall–Kier alpha value is -2.66. The second kappa shape index (κ2) is 7.07. The normalized spacial score (nSPS) is 10.4. The molecule has 116 valence electrons. The number of nitrogens with one attached hydrogen (secondary N) is 1. The standard InChI is InChI=1S/C18H16N2O2S/c1-2-9-22-15-7-3-5-13(10-15)12-20-17(21)16-11-14-6-4-8-19-18(14)23-16/h2-8,10-11H,1,9,12H2,(H,20,21). The zero-order chi connectivity index (χ0) is 16.1. The summed E-state index contributed by atoms with van der Waals surface area (Å²) in [5.74, 6) is 0.674. The zero-order valence-electron chi connectivity index (χ0n) is 12.5. The molecule has 0 spiro atoms. The summed E-state index contributed by atoms with van der Waals surface area (Å²) >= 11 is 1.40. The second-order valence-electron chi connectivity index (χ2n) is 4.94. The van der Waals surface area contributed by atoms with E-state index in [1.807, 2.05) is 42.5 Å². The van der Waals surface area contributed by atoms with Crippen molar-refractivity contribution in [1.82, 2.24) is 10.3 Å². The van der Waals surface area contributed by atoms with E-state index in [1.165, 1.54) is 11.3 Å². The molecular weight excluding hydrogens is 308 g/mol. The maximum Gasteiger partial charge on any atom is 0.261 e. The lowest BCUT2D eigenvalue weighted by Crippen LogP contribution is -2.21. The predicted molar refractivity (Wildman–Crippen MR) is 92.9 cm³/mol. The number of pyridine rings is 1. The summed E-state index contributed by atoms with van der Waals surface area (Å²) in [6.45, 7) is 4.54. The van der Waals surface area contributed by atoms with Crippen molar-refractivity contribution < 1.29 is 9.53 Å². The van der Waals surface area contributed by atoms with Gasteiger partial charge in [0.2, 0.25) is 0 Å². The Morgan fingerprint density at radius 3 is 3.04 bits per heavy atom. The fourth-order valence-corrected chi connectivity index (χ4v) is 3.07. The van der Waals surface area contributed by atoms with Crippen LogP contribution in [0.1, 0.15) is 15.2 Å². The SMILES string of the molecule is C=CCOc1cccc(CNC(=O)c2cc3cccnc3s2)c1. The van der Waals surface area contributed by atoms with Crippen molar-refractivity contribution in [2.24, 2.45) is 0 Å². The maximum absolute atomic E-state index is 12.3. The topological polar surface area (TPSA) is 51.2 Å². The van der Waals surface area contributed by atoms with Crippen LogP contribution in [0.25, 0.3) is 10.2 Å². The van der Waals surface area contributed by atoms with Crippen molar-refractivity contribution in [2.75, 3.05) is 6.61 Å². The Bertz CT molecular complexity index is 809. The Labute approximate surface area is 138 Å². The molecule has 1 aromatic carbocycles. The first-order valence-electron chi connectivity index (χ1n) is 7.21. The molecule has 3 aromatic rings. The van der Waals surface area contributed by atoms with Gasteiger partial charge in [-0.05, 0) is 29.8 Å². The average Bonchev–Trinajstić information content (AvgIpc) is 3.02. The van der Waals surface area contributed by atoms with Gasteiger partial charge in [0, 0.05) is 18.1 Å². The minimum Gasteiger partial charge on any atom is -0.490 e. The van der Waals surface area contributed by atoms with Crippen molar-refractivity contribution >= 4 is 27.5 Å². The molecule has 0 aliphatic carbocycles. The van der Waals surface area contributed by atoms with Crippen LogP contribution in [0.3, 0.4) is 0 Å². The van der Waals surface area contributed by atoms with Crippen LogP contribution in [0.5, 0.6) is 5.75 Å². The van der Waals surface area contributed by atoms with Crippen molar-refractivity contribution in [3.8, 4) is 5.75 Å². The molecular formula is C18H16N2O2S. The van der Waals surface area contributed by atoms with Crippen LogP contribution in [0.15, 0.2) is 61.3 Å². The molecule has 0 aliphatic rings. The number of thiophene rings is 1. The first-order chi connectivity index (χ1) is 11.3. The van der Waals surface area contributed by atoms with Gasteiger partial charge in [0.1, 0.15) is 17.2 Å². The number of carbonyl (C=O) groups is 1. The summed E-state index contributed by atoms with van der Waals surface area (Å²) in [7, 11) is 0. The number of rotatable bonds is 6. The molecule has 1 amide bonds. The fourth-order valence-electron chi connectivity index (χ4n) is 2.15. The van der Waals surface area contributed by atoms with Crippen molar-refractivity contribution in [2.45, 2.75) is 6.54 Å². The molecule has 2 heterocycles. The first kappa shape index (κ1) is 15.2. The first-order valence-corrected chi connectivity index (χ1v) is 8.03. The van der Waals surface area contributed by atoms with Crippen LogP contribution in [0.2, 0.25) is 0 Å². The highest BCUT2D eigenvalue weighted by Crippen LogP contribution is 2.23. The molecule has 0 saturated carbocycles. The van der Waals surface area contributed by atoms with E-state index < -0.39 is 0 Å². The molecule has 0 radical (unpaired) electrons. The number of benzene rings is 1. The smallest absolute Gasteiger partial charge is 0.261 e. The van der Waals surface area contributed by atoms with Crippen molar-refractivity contribution in [1.29, 1.82) is 0 Å². The molecule has 3 rings (SSSR count). The summed E-state index contributed by atoms with van der Waals surface area (Å²) < 4.78 is 5.49. The summed E-state index contributed by atoms with van der Waals surface area (Å²) in [5.41, 5.74) is 0.985. The largest absolute Gasteiger partial charge is 0.490 e. The number of hydrogen-bond acceptors (Lipinski definition) is 4. The van der Waals surface area contributed by atoms with Crippen LogP contribution in [-0.2, 0) is 6.54 Å². The number of nitrogens with zero attached hydrogens (tertiary/aromatic N) is 1. The quantitative estimate of drug-likeness (QED) is 0.702. The van der Waals surface area contributed by atoms with Crippen LogP contribution < -0.4 is 10.1 Å². The number of ether oxygens (including phenoxy) is 1. The van der Waals surface area contributed by atoms with Crippen molar-refractivity contribution in [3.05, 3.63) is 71.8 Å². The minimum atomic E-state index is -0.0922. The molecule has 23 heavy (non-hydrogen) atoms. The molecule has 5 heteroatoms. The summed E-state index contributed by atoms with van der Waals surface area (Å²) in [4.78, 5) is 18.1. The lowest BCUT2D eigenvalue weighted by atomic mass is 10.2. The summed E-state index contributed by atoms with van der Waals surface area (Å²) in [5, 5.41) is 3.92. The lowest BCUT2D eigenvalue weighted by Gasteiger charge is -2.07. The third kappa shape index (κ3) is 3.76. The second-order valence-corrected chi connectivity index (χ2v) is 5.97. The summed E-state index contributed by atoms with van der Waals surface area (Å²) in [6, 6.07) is 13.3. The third-order valence-corrected chi connectivity index (χ3v) is 4.29. The van der Waals surface area contributed by atoms with E-state index in [9.17, 15) is 4.79 Å². The molecule has 2 aromatic heterocycles. The van der Waals surface area contributed by atoms with E-state index in [4.69, 9.17) is 4.74 Å². The third-order valence-electron chi connectivity index (χ3n) is 3.24. The van der Waals surface area contributed by atoms with Gasteiger partial charge in [-0.3, -0.25) is 4.79 Å². The van der Waals surface area contributed by atoms with Crippen LogP contribution in [-0.4, -0.2) is 17.5 Å². The van der Waals surface area contributed by atoms with Crippen LogP contribution >= 0.6 is 11.3 Å². The number of aromatic nitrogens is 1. The van der Waals surface area contributed by atoms with Gasteiger partial charge in [-0.1, -0.05) is 30.9 Å². The van der Waals surface area contributed by atoms with Crippen LogP contribution in [0.4, 0.5) is 0 Å². The van der Waals surface area contributed by atoms with Crippen LogP contribution in [0, 0.1) is 0 Å². The Kier molecular flexibility index (Phi) is 4.68. The van der Waals surface area contributed by atoms with E-state index in [0.717, 1.165) is 21.5 Å². The Morgan fingerprint density at radius 1 is 1.30 bits per heavy atom. The Balaban J connectivity index is 1.65. The van der Waals surface area contributed by atoms with E-state index in [2.05, 4.69) is 16.9 Å². The lowest BCUT2D eigenvalue weighted by molar-refractivity contribution is 0.0955. The number of hydrogen-bond donors (Lipinski definition) is 1. The van der Waals surface area contributed by atoms with E-state index in [-0.39, 0.29) is 5.91 Å². The van der Waals surface area contributed by atoms with Gasteiger partial charge in [-0.2, -0.15) is 0 Å². The number of amides is 1. The van der Waals surface area contributed by atoms with Gasteiger partial charge >= 0.3 is 0 Å². The van der Waals surface area contributed by atoms with E-state index >= 15 is 0 Å². The molecule has 0 saturated heterocycles. The molecule has 0 atom stereocenters. The van der Waals surface area contributed by atoms with Gasteiger partial charge in [-0.15, -0.1) is 11.3 Å². The van der Waals surface area contributed by atoms with E-state index in [1.54, 1.807) is 12.3 Å².